The second-order valence-corrected chi connectivity index (χ2v) is 6.33. The first-order chi connectivity index (χ1) is 9.28. The van der Waals surface area contributed by atoms with Gasteiger partial charge in [0.05, 0.1) is 0 Å². The van der Waals surface area contributed by atoms with Crippen LogP contribution in [-0.2, 0) is 0 Å². The Morgan fingerprint density at radius 2 is 2.00 bits per heavy atom. The summed E-state index contributed by atoms with van der Waals surface area (Å²) in [5.74, 6) is 0. The molecule has 3 rings (SSSR count). The molecule has 0 spiro atoms. The highest BCUT2D eigenvalue weighted by Gasteiger charge is 2.40. The maximum Gasteiger partial charge on any atom is 0.0426 e. The predicted molar refractivity (Wildman–Crippen MR) is 82.1 cm³/mol. The summed E-state index contributed by atoms with van der Waals surface area (Å²) >= 11 is 6.14. The minimum absolute atomic E-state index is 0.701. The number of fused-ring (bicyclic) bond motifs is 2. The maximum atomic E-state index is 6.14. The third-order valence-electron chi connectivity index (χ3n) is 4.52. The molecular weight excluding hydrogens is 256 g/mol. The van der Waals surface area contributed by atoms with E-state index in [1.54, 1.807) is 0 Å². The average Bonchev–Trinajstić information content (AvgIpc) is 2.68. The van der Waals surface area contributed by atoms with E-state index in [9.17, 15) is 0 Å². The monoisotopic (exact) mass is 278 g/mol. The minimum Gasteiger partial charge on any atom is -0.365 e. The molecule has 2 nitrogen and oxygen atoms in total. The van der Waals surface area contributed by atoms with Gasteiger partial charge in [-0.2, -0.15) is 0 Å². The van der Waals surface area contributed by atoms with Crippen LogP contribution in [0.15, 0.2) is 24.3 Å². The Morgan fingerprint density at radius 3 is 2.63 bits per heavy atom. The number of halogens is 1. The Balaban J connectivity index is 1.73. The summed E-state index contributed by atoms with van der Waals surface area (Å²) in [4.78, 5) is 2.62. The van der Waals surface area contributed by atoms with Crippen LogP contribution in [-0.4, -0.2) is 24.7 Å². The minimum atomic E-state index is 0.701. The van der Waals surface area contributed by atoms with Crippen molar-refractivity contribution in [2.24, 2.45) is 0 Å². The van der Waals surface area contributed by atoms with Crippen molar-refractivity contribution in [3.63, 3.8) is 0 Å². The lowest BCUT2D eigenvalue weighted by Gasteiger charge is -2.41. The molecule has 2 saturated heterocycles. The molecule has 19 heavy (non-hydrogen) atoms. The molecule has 1 aromatic rings. The van der Waals surface area contributed by atoms with Crippen molar-refractivity contribution in [2.45, 2.75) is 57.2 Å². The lowest BCUT2D eigenvalue weighted by molar-refractivity contribution is 0.357. The third-order valence-corrected chi connectivity index (χ3v) is 4.76. The van der Waals surface area contributed by atoms with E-state index in [1.165, 1.54) is 37.8 Å². The molecule has 0 aromatic heterocycles. The number of benzene rings is 1. The summed E-state index contributed by atoms with van der Waals surface area (Å²) < 4.78 is 0. The van der Waals surface area contributed by atoms with Gasteiger partial charge in [0.25, 0.3) is 0 Å². The van der Waals surface area contributed by atoms with E-state index in [2.05, 4.69) is 35.3 Å². The molecule has 1 aromatic carbocycles. The van der Waals surface area contributed by atoms with E-state index in [0.717, 1.165) is 11.6 Å². The van der Waals surface area contributed by atoms with Gasteiger partial charge in [-0.25, -0.2) is 0 Å². The van der Waals surface area contributed by atoms with Gasteiger partial charge in [0, 0.05) is 28.8 Å². The highest BCUT2D eigenvalue weighted by atomic mass is 35.5. The van der Waals surface area contributed by atoms with Crippen molar-refractivity contribution in [3.05, 3.63) is 29.3 Å². The second-order valence-electron chi connectivity index (χ2n) is 5.89. The molecule has 0 aliphatic carbocycles. The number of hydrogen-bond acceptors (Lipinski definition) is 2. The fourth-order valence-corrected chi connectivity index (χ4v) is 3.94. The van der Waals surface area contributed by atoms with Gasteiger partial charge < -0.3 is 10.2 Å². The van der Waals surface area contributed by atoms with Crippen LogP contribution in [0.3, 0.4) is 0 Å². The lowest BCUT2D eigenvalue weighted by Crippen LogP contribution is -2.49. The van der Waals surface area contributed by atoms with Crippen LogP contribution < -0.4 is 10.2 Å². The van der Waals surface area contributed by atoms with Crippen LogP contribution in [0.4, 0.5) is 5.69 Å². The van der Waals surface area contributed by atoms with Crippen LogP contribution in [0.25, 0.3) is 0 Å². The zero-order valence-electron chi connectivity index (χ0n) is 11.6. The van der Waals surface area contributed by atoms with Crippen LogP contribution in [0.2, 0.25) is 5.02 Å². The number of hydrogen-bond donors (Lipinski definition) is 1. The SMILES string of the molecule is CCCNC1CC2CCC(C1)N2c1cccc(Cl)c1. The van der Waals surface area contributed by atoms with Crippen molar-refractivity contribution in [1.29, 1.82) is 0 Å². The molecule has 104 valence electrons. The van der Waals surface area contributed by atoms with Crippen LogP contribution in [0.1, 0.15) is 39.0 Å². The van der Waals surface area contributed by atoms with Gasteiger partial charge in [-0.3, -0.25) is 0 Å². The smallest absolute Gasteiger partial charge is 0.0426 e. The van der Waals surface area contributed by atoms with Crippen molar-refractivity contribution < 1.29 is 0 Å². The van der Waals surface area contributed by atoms with Gasteiger partial charge in [-0.15, -0.1) is 0 Å². The molecule has 0 amide bonds. The van der Waals surface area contributed by atoms with E-state index in [4.69, 9.17) is 11.6 Å². The third kappa shape index (κ3) is 2.75. The number of nitrogens with zero attached hydrogens (tertiary/aromatic N) is 1. The number of anilines is 1. The van der Waals surface area contributed by atoms with Crippen LogP contribution in [0.5, 0.6) is 0 Å². The number of nitrogens with one attached hydrogen (secondary N) is 1. The Kier molecular flexibility index (Phi) is 3.99. The van der Waals surface area contributed by atoms with E-state index in [0.29, 0.717) is 18.1 Å². The largest absolute Gasteiger partial charge is 0.365 e. The molecular formula is C16H23ClN2. The molecule has 2 aliphatic heterocycles. The van der Waals surface area contributed by atoms with Crippen molar-refractivity contribution in [1.82, 2.24) is 5.32 Å². The summed E-state index contributed by atoms with van der Waals surface area (Å²) in [6, 6.07) is 10.5. The van der Waals surface area contributed by atoms with Gasteiger partial charge in [0.2, 0.25) is 0 Å². The Morgan fingerprint density at radius 1 is 1.26 bits per heavy atom. The van der Waals surface area contributed by atoms with Gasteiger partial charge in [-0.1, -0.05) is 24.6 Å². The van der Waals surface area contributed by atoms with Crippen molar-refractivity contribution in [3.8, 4) is 0 Å². The van der Waals surface area contributed by atoms with Crippen molar-refractivity contribution >= 4 is 17.3 Å². The van der Waals surface area contributed by atoms with E-state index >= 15 is 0 Å². The predicted octanol–water partition coefficient (Wildman–Crippen LogP) is 3.84. The summed E-state index contributed by atoms with van der Waals surface area (Å²) in [7, 11) is 0. The molecule has 2 atom stereocenters. The summed E-state index contributed by atoms with van der Waals surface area (Å²) in [6.07, 6.45) is 6.46. The van der Waals surface area contributed by atoms with Crippen LogP contribution >= 0.6 is 11.6 Å². The Hall–Kier alpha value is -0.730. The first-order valence-electron chi connectivity index (χ1n) is 7.55. The fraction of sp³-hybridized carbons (Fsp3) is 0.625. The topological polar surface area (TPSA) is 15.3 Å². The molecule has 0 saturated carbocycles. The fourth-order valence-electron chi connectivity index (χ4n) is 3.75. The summed E-state index contributed by atoms with van der Waals surface area (Å²) in [5.41, 5.74) is 1.31. The van der Waals surface area contributed by atoms with E-state index in [-0.39, 0.29) is 0 Å². The average molecular weight is 279 g/mol. The summed E-state index contributed by atoms with van der Waals surface area (Å²) in [5, 5.41) is 4.55. The highest BCUT2D eigenvalue weighted by Crippen LogP contribution is 2.39. The lowest BCUT2D eigenvalue weighted by atomic mass is 9.96. The highest BCUT2D eigenvalue weighted by molar-refractivity contribution is 6.30. The number of rotatable bonds is 4. The Labute approximate surface area is 121 Å². The van der Waals surface area contributed by atoms with Gasteiger partial charge in [0.1, 0.15) is 0 Å². The normalized spacial score (nSPS) is 29.8. The van der Waals surface area contributed by atoms with Gasteiger partial charge >= 0.3 is 0 Å². The summed E-state index contributed by atoms with van der Waals surface area (Å²) in [6.45, 7) is 3.39. The van der Waals surface area contributed by atoms with Gasteiger partial charge in [0.15, 0.2) is 0 Å². The molecule has 2 unspecified atom stereocenters. The number of piperidine rings is 1. The molecule has 0 radical (unpaired) electrons. The molecule has 3 heteroatoms. The van der Waals surface area contributed by atoms with E-state index in [1.807, 2.05) is 6.07 Å². The zero-order valence-corrected chi connectivity index (χ0v) is 12.4. The first-order valence-corrected chi connectivity index (χ1v) is 7.93. The second kappa shape index (κ2) is 5.72. The van der Waals surface area contributed by atoms with Gasteiger partial charge in [-0.05, 0) is 56.8 Å². The molecule has 2 fully saturated rings. The van der Waals surface area contributed by atoms with Crippen LogP contribution in [0, 0.1) is 0 Å². The maximum absolute atomic E-state index is 6.14. The first kappa shape index (κ1) is 13.3. The Bertz CT molecular complexity index is 421. The standard InChI is InChI=1S/C16H23ClN2/c1-2-8-18-13-10-15-6-7-16(11-13)19(15)14-5-3-4-12(17)9-14/h3-5,9,13,15-16,18H,2,6-8,10-11H2,1H3. The molecule has 1 N–H and O–H groups in total. The van der Waals surface area contributed by atoms with Crippen molar-refractivity contribution in [2.75, 3.05) is 11.4 Å². The van der Waals surface area contributed by atoms with E-state index < -0.39 is 0 Å². The quantitative estimate of drug-likeness (QED) is 0.900. The zero-order chi connectivity index (χ0) is 13.2. The molecule has 2 bridgehead atoms. The molecule has 2 heterocycles. The molecule has 2 aliphatic rings.